The lowest BCUT2D eigenvalue weighted by Gasteiger charge is -2.30. The van der Waals surface area contributed by atoms with E-state index in [4.69, 9.17) is 0 Å². The molecule has 1 aromatic carbocycles. The van der Waals surface area contributed by atoms with Crippen LogP contribution in [-0.4, -0.2) is 39.6 Å². The number of para-hydroxylation sites is 1. The van der Waals surface area contributed by atoms with Crippen LogP contribution in [0, 0.1) is 5.82 Å². The fourth-order valence-corrected chi connectivity index (χ4v) is 3.59. The van der Waals surface area contributed by atoms with Gasteiger partial charge in [0.05, 0.1) is 17.2 Å². The number of anilines is 1. The van der Waals surface area contributed by atoms with Crippen LogP contribution in [-0.2, 0) is 16.4 Å². The first-order valence-electron chi connectivity index (χ1n) is 6.97. The van der Waals surface area contributed by atoms with E-state index < -0.39 is 9.84 Å². The number of hydrogen-bond donors (Lipinski definition) is 1. The van der Waals surface area contributed by atoms with Crippen LogP contribution in [0.2, 0.25) is 0 Å². The molecular formula is C14H21FN2O2S. The van der Waals surface area contributed by atoms with Crippen molar-refractivity contribution in [2.45, 2.75) is 19.9 Å². The molecule has 112 valence electrons. The summed E-state index contributed by atoms with van der Waals surface area (Å²) < 4.78 is 37.1. The van der Waals surface area contributed by atoms with Crippen LogP contribution in [0.1, 0.15) is 18.9 Å². The topological polar surface area (TPSA) is 49.4 Å². The lowest BCUT2D eigenvalue weighted by molar-refractivity contribution is 0.579. The lowest BCUT2D eigenvalue weighted by atomic mass is 10.1. The van der Waals surface area contributed by atoms with Crippen LogP contribution in [0.4, 0.5) is 10.1 Å². The first kappa shape index (κ1) is 15.3. The van der Waals surface area contributed by atoms with Gasteiger partial charge in [0.1, 0.15) is 5.82 Å². The summed E-state index contributed by atoms with van der Waals surface area (Å²) in [6.07, 6.45) is 1.02. The molecule has 0 amide bonds. The number of hydrogen-bond acceptors (Lipinski definition) is 4. The second-order valence-electron chi connectivity index (χ2n) is 5.06. The molecule has 0 aromatic heterocycles. The van der Waals surface area contributed by atoms with Gasteiger partial charge in [-0.25, -0.2) is 12.8 Å². The van der Waals surface area contributed by atoms with Crippen molar-refractivity contribution in [1.82, 2.24) is 5.32 Å². The molecule has 1 heterocycles. The van der Waals surface area contributed by atoms with Crippen molar-refractivity contribution in [1.29, 1.82) is 0 Å². The second kappa shape index (κ2) is 6.54. The number of halogens is 1. The van der Waals surface area contributed by atoms with E-state index in [-0.39, 0.29) is 17.3 Å². The Balaban J connectivity index is 2.17. The van der Waals surface area contributed by atoms with E-state index in [0.29, 0.717) is 25.3 Å². The number of benzene rings is 1. The zero-order valence-corrected chi connectivity index (χ0v) is 12.5. The van der Waals surface area contributed by atoms with Crippen molar-refractivity contribution in [3.05, 3.63) is 29.6 Å². The Bertz CT molecular complexity index is 546. The molecule has 2 rings (SSSR count). The van der Waals surface area contributed by atoms with E-state index in [1.54, 1.807) is 6.07 Å². The molecule has 0 atom stereocenters. The van der Waals surface area contributed by atoms with Crippen molar-refractivity contribution < 1.29 is 12.8 Å². The number of rotatable bonds is 5. The summed E-state index contributed by atoms with van der Waals surface area (Å²) in [5.74, 6) is -0.0770. The fraction of sp³-hybridized carbons (Fsp3) is 0.571. The zero-order valence-electron chi connectivity index (χ0n) is 11.7. The van der Waals surface area contributed by atoms with Crippen LogP contribution in [0.25, 0.3) is 0 Å². The Morgan fingerprint density at radius 3 is 2.65 bits per heavy atom. The first-order chi connectivity index (χ1) is 9.53. The van der Waals surface area contributed by atoms with E-state index in [0.717, 1.165) is 18.5 Å². The molecule has 1 saturated heterocycles. The molecule has 0 spiro atoms. The van der Waals surface area contributed by atoms with Gasteiger partial charge >= 0.3 is 0 Å². The maximum atomic E-state index is 14.1. The minimum atomic E-state index is -2.95. The molecule has 0 bridgehead atoms. The quantitative estimate of drug-likeness (QED) is 0.839. The molecule has 20 heavy (non-hydrogen) atoms. The highest BCUT2D eigenvalue weighted by molar-refractivity contribution is 7.91. The Morgan fingerprint density at radius 1 is 1.30 bits per heavy atom. The predicted octanol–water partition coefficient (Wildman–Crippen LogP) is 1.56. The van der Waals surface area contributed by atoms with Gasteiger partial charge in [-0.2, -0.15) is 0 Å². The SMILES string of the molecule is CCCNCc1cccc(F)c1N1CCS(=O)(=O)CC1. The Labute approximate surface area is 119 Å². The van der Waals surface area contributed by atoms with E-state index in [2.05, 4.69) is 12.2 Å². The molecule has 4 nitrogen and oxygen atoms in total. The van der Waals surface area contributed by atoms with Crippen molar-refractivity contribution in [3.8, 4) is 0 Å². The fourth-order valence-electron chi connectivity index (χ4n) is 2.39. The smallest absolute Gasteiger partial charge is 0.153 e. The summed E-state index contributed by atoms with van der Waals surface area (Å²) in [5, 5.41) is 3.26. The monoisotopic (exact) mass is 300 g/mol. The molecule has 0 saturated carbocycles. The lowest BCUT2D eigenvalue weighted by Crippen LogP contribution is -2.41. The second-order valence-corrected chi connectivity index (χ2v) is 7.37. The van der Waals surface area contributed by atoms with E-state index >= 15 is 0 Å². The van der Waals surface area contributed by atoms with Crippen molar-refractivity contribution >= 4 is 15.5 Å². The van der Waals surface area contributed by atoms with Gasteiger partial charge in [-0.05, 0) is 24.6 Å². The van der Waals surface area contributed by atoms with Crippen LogP contribution in [0.3, 0.4) is 0 Å². The summed E-state index contributed by atoms with van der Waals surface area (Å²) in [4.78, 5) is 1.85. The largest absolute Gasteiger partial charge is 0.367 e. The average molecular weight is 300 g/mol. The molecule has 1 fully saturated rings. The van der Waals surface area contributed by atoms with Crippen molar-refractivity contribution in [2.75, 3.05) is 36.0 Å². The van der Waals surface area contributed by atoms with Gasteiger partial charge in [0.2, 0.25) is 0 Å². The van der Waals surface area contributed by atoms with Gasteiger partial charge in [-0.15, -0.1) is 0 Å². The Kier molecular flexibility index (Phi) is 4.99. The molecule has 0 aliphatic carbocycles. The van der Waals surface area contributed by atoms with Crippen molar-refractivity contribution in [3.63, 3.8) is 0 Å². The van der Waals surface area contributed by atoms with Crippen LogP contribution in [0.15, 0.2) is 18.2 Å². The minimum Gasteiger partial charge on any atom is -0.367 e. The summed E-state index contributed by atoms with van der Waals surface area (Å²) in [6, 6.07) is 5.02. The van der Waals surface area contributed by atoms with Crippen molar-refractivity contribution in [2.24, 2.45) is 0 Å². The summed E-state index contributed by atoms with van der Waals surface area (Å²) in [5.41, 5.74) is 1.43. The third-order valence-corrected chi connectivity index (χ3v) is 5.08. The number of nitrogens with one attached hydrogen (secondary N) is 1. The first-order valence-corrected chi connectivity index (χ1v) is 8.79. The minimum absolute atomic E-state index is 0.100. The highest BCUT2D eigenvalue weighted by Gasteiger charge is 2.25. The van der Waals surface area contributed by atoms with E-state index in [1.807, 2.05) is 11.0 Å². The standard InChI is InChI=1S/C14H21FN2O2S/c1-2-6-16-11-12-4-3-5-13(15)14(12)17-7-9-20(18,19)10-8-17/h3-5,16H,2,6-11H2,1H3. The van der Waals surface area contributed by atoms with E-state index in [9.17, 15) is 12.8 Å². The maximum absolute atomic E-state index is 14.1. The average Bonchev–Trinajstić information content (AvgIpc) is 2.40. The number of nitrogens with zero attached hydrogens (tertiary/aromatic N) is 1. The van der Waals surface area contributed by atoms with Crippen LogP contribution in [0.5, 0.6) is 0 Å². The highest BCUT2D eigenvalue weighted by Crippen LogP contribution is 2.26. The molecule has 1 aliphatic heterocycles. The van der Waals surface area contributed by atoms with Gasteiger partial charge in [0.15, 0.2) is 9.84 Å². The van der Waals surface area contributed by atoms with Gasteiger partial charge < -0.3 is 10.2 Å². The normalized spacial score (nSPS) is 18.2. The van der Waals surface area contributed by atoms with Crippen LogP contribution >= 0.6 is 0 Å². The molecule has 0 radical (unpaired) electrons. The molecule has 1 N–H and O–H groups in total. The van der Waals surface area contributed by atoms with Gasteiger partial charge in [-0.1, -0.05) is 19.1 Å². The highest BCUT2D eigenvalue weighted by atomic mass is 32.2. The Morgan fingerprint density at radius 2 is 2.00 bits per heavy atom. The summed E-state index contributed by atoms with van der Waals surface area (Å²) in [7, 11) is -2.95. The van der Waals surface area contributed by atoms with E-state index in [1.165, 1.54) is 6.07 Å². The summed E-state index contributed by atoms with van der Waals surface area (Å²) in [6.45, 7) is 4.29. The molecule has 1 aliphatic rings. The van der Waals surface area contributed by atoms with Gasteiger partial charge in [0, 0.05) is 19.6 Å². The molecular weight excluding hydrogens is 279 g/mol. The van der Waals surface area contributed by atoms with Crippen LogP contribution < -0.4 is 10.2 Å². The third kappa shape index (κ3) is 3.70. The molecule has 6 heteroatoms. The van der Waals surface area contributed by atoms with Gasteiger partial charge in [-0.3, -0.25) is 0 Å². The molecule has 1 aromatic rings. The molecule has 0 unspecified atom stereocenters. The van der Waals surface area contributed by atoms with Gasteiger partial charge in [0.25, 0.3) is 0 Å². The Hall–Kier alpha value is -1.14. The number of sulfone groups is 1. The maximum Gasteiger partial charge on any atom is 0.153 e. The summed E-state index contributed by atoms with van der Waals surface area (Å²) >= 11 is 0. The predicted molar refractivity (Wildman–Crippen MR) is 79.3 cm³/mol. The third-order valence-electron chi connectivity index (χ3n) is 3.47. The zero-order chi connectivity index (χ0) is 14.6.